The van der Waals surface area contributed by atoms with Gasteiger partial charge in [-0.2, -0.15) is 0 Å². The Labute approximate surface area is 113 Å². The highest BCUT2D eigenvalue weighted by Crippen LogP contribution is 2.31. The molecule has 1 aromatic carbocycles. The fourth-order valence-corrected chi connectivity index (χ4v) is 4.76. The van der Waals surface area contributed by atoms with Crippen molar-refractivity contribution in [2.45, 2.75) is 25.3 Å². The van der Waals surface area contributed by atoms with Crippen LogP contribution in [0.5, 0.6) is 0 Å². The number of nitrogens with zero attached hydrogens (tertiary/aromatic N) is 1. The van der Waals surface area contributed by atoms with E-state index in [1.807, 2.05) is 24.3 Å². The molecule has 1 aromatic rings. The number of anilines is 1. The largest absolute Gasteiger partial charge is 0.367 e. The van der Waals surface area contributed by atoms with E-state index in [1.54, 1.807) is 0 Å². The summed E-state index contributed by atoms with van der Waals surface area (Å²) in [7, 11) is -2.90. The van der Waals surface area contributed by atoms with Gasteiger partial charge in [0.15, 0.2) is 15.6 Å². The molecule has 19 heavy (non-hydrogen) atoms. The predicted octanol–water partition coefficient (Wildman–Crippen LogP) is 1.66. The standard InChI is InChI=1S/C14H17NO3S/c16-14-6-3-8-15(11-7-9-19(17,18)10-11)13-5-2-1-4-12(13)14/h1-2,4-5,11H,3,6-10H2. The van der Waals surface area contributed by atoms with Crippen molar-refractivity contribution < 1.29 is 13.2 Å². The highest BCUT2D eigenvalue weighted by molar-refractivity contribution is 7.91. The third-order valence-corrected chi connectivity index (χ3v) is 5.72. The van der Waals surface area contributed by atoms with Crippen LogP contribution in [0.2, 0.25) is 0 Å². The van der Waals surface area contributed by atoms with Crippen molar-refractivity contribution in [3.8, 4) is 0 Å². The van der Waals surface area contributed by atoms with E-state index in [1.165, 1.54) is 0 Å². The Kier molecular flexibility index (Phi) is 3.09. The third-order valence-electron chi connectivity index (χ3n) is 3.97. The maximum Gasteiger partial charge on any atom is 0.165 e. The van der Waals surface area contributed by atoms with Crippen LogP contribution in [0.4, 0.5) is 5.69 Å². The molecule has 0 aliphatic carbocycles. The van der Waals surface area contributed by atoms with Gasteiger partial charge in [0, 0.05) is 30.3 Å². The molecule has 5 heteroatoms. The fourth-order valence-electron chi connectivity index (χ4n) is 3.03. The number of ketones is 1. The van der Waals surface area contributed by atoms with Gasteiger partial charge in [0.05, 0.1) is 11.5 Å². The van der Waals surface area contributed by atoms with Gasteiger partial charge in [-0.1, -0.05) is 12.1 Å². The monoisotopic (exact) mass is 279 g/mol. The van der Waals surface area contributed by atoms with Gasteiger partial charge >= 0.3 is 0 Å². The Morgan fingerprint density at radius 2 is 2.00 bits per heavy atom. The molecular weight excluding hydrogens is 262 g/mol. The number of rotatable bonds is 1. The molecule has 0 N–H and O–H groups in total. The Morgan fingerprint density at radius 3 is 2.74 bits per heavy atom. The quantitative estimate of drug-likeness (QED) is 0.784. The normalized spacial score (nSPS) is 26.0. The average Bonchev–Trinajstić information content (AvgIpc) is 2.65. The van der Waals surface area contributed by atoms with Crippen molar-refractivity contribution in [3.63, 3.8) is 0 Å². The molecule has 102 valence electrons. The lowest BCUT2D eigenvalue weighted by Gasteiger charge is -2.30. The Bertz CT molecular complexity index is 609. The minimum Gasteiger partial charge on any atom is -0.367 e. The van der Waals surface area contributed by atoms with Gasteiger partial charge in [0.2, 0.25) is 0 Å². The number of Topliss-reactive ketones (excluding diaryl/α,β-unsaturated/α-hetero) is 1. The number of hydrogen-bond acceptors (Lipinski definition) is 4. The third kappa shape index (κ3) is 2.39. The van der Waals surface area contributed by atoms with Crippen molar-refractivity contribution in [1.29, 1.82) is 0 Å². The summed E-state index contributed by atoms with van der Waals surface area (Å²) in [6.45, 7) is 0.767. The zero-order valence-electron chi connectivity index (χ0n) is 10.7. The molecule has 2 heterocycles. The van der Waals surface area contributed by atoms with Crippen LogP contribution >= 0.6 is 0 Å². The molecular formula is C14H17NO3S. The van der Waals surface area contributed by atoms with Crippen LogP contribution in [0.1, 0.15) is 29.6 Å². The summed E-state index contributed by atoms with van der Waals surface area (Å²) < 4.78 is 23.3. The minimum absolute atomic E-state index is 0.0250. The van der Waals surface area contributed by atoms with E-state index in [2.05, 4.69) is 4.90 Å². The highest BCUT2D eigenvalue weighted by atomic mass is 32.2. The second-order valence-electron chi connectivity index (χ2n) is 5.29. The first-order chi connectivity index (χ1) is 9.07. The van der Waals surface area contributed by atoms with Crippen molar-refractivity contribution >= 4 is 21.3 Å². The highest BCUT2D eigenvalue weighted by Gasteiger charge is 2.34. The maximum atomic E-state index is 12.0. The summed E-state index contributed by atoms with van der Waals surface area (Å²) in [6, 6.07) is 7.58. The Balaban J connectivity index is 1.98. The first kappa shape index (κ1) is 12.7. The summed E-state index contributed by atoms with van der Waals surface area (Å²) in [4.78, 5) is 14.2. The number of carbonyl (C=O) groups excluding carboxylic acids is 1. The molecule has 3 rings (SSSR count). The molecule has 1 unspecified atom stereocenters. The summed E-state index contributed by atoms with van der Waals surface area (Å²) >= 11 is 0. The lowest BCUT2D eigenvalue weighted by molar-refractivity contribution is 0.0984. The second kappa shape index (κ2) is 4.63. The van der Waals surface area contributed by atoms with Crippen LogP contribution in [-0.4, -0.2) is 38.3 Å². The van der Waals surface area contributed by atoms with Gasteiger partial charge in [-0.05, 0) is 25.0 Å². The molecule has 0 radical (unpaired) electrons. The number of para-hydroxylation sites is 1. The van der Waals surface area contributed by atoms with Crippen LogP contribution < -0.4 is 4.90 Å². The van der Waals surface area contributed by atoms with Crippen LogP contribution in [0.15, 0.2) is 24.3 Å². The minimum atomic E-state index is -2.90. The van der Waals surface area contributed by atoms with Gasteiger partial charge in [-0.15, -0.1) is 0 Å². The van der Waals surface area contributed by atoms with Gasteiger partial charge in [0.1, 0.15) is 0 Å². The fraction of sp³-hybridized carbons (Fsp3) is 0.500. The Hall–Kier alpha value is -1.36. The first-order valence-electron chi connectivity index (χ1n) is 6.66. The molecule has 0 spiro atoms. The molecule has 2 aliphatic rings. The van der Waals surface area contributed by atoms with E-state index in [4.69, 9.17) is 0 Å². The predicted molar refractivity (Wildman–Crippen MR) is 74.4 cm³/mol. The molecule has 0 bridgehead atoms. The molecule has 0 saturated carbocycles. The van der Waals surface area contributed by atoms with Crippen molar-refractivity contribution in [3.05, 3.63) is 29.8 Å². The zero-order valence-corrected chi connectivity index (χ0v) is 11.5. The van der Waals surface area contributed by atoms with Crippen LogP contribution in [0.3, 0.4) is 0 Å². The first-order valence-corrected chi connectivity index (χ1v) is 8.48. The smallest absolute Gasteiger partial charge is 0.165 e. The lowest BCUT2D eigenvalue weighted by atomic mass is 10.1. The summed E-state index contributed by atoms with van der Waals surface area (Å²) in [5.74, 6) is 0.652. The van der Waals surface area contributed by atoms with E-state index in [-0.39, 0.29) is 23.3 Å². The Morgan fingerprint density at radius 1 is 1.21 bits per heavy atom. The number of sulfone groups is 1. The van der Waals surface area contributed by atoms with Crippen molar-refractivity contribution in [1.82, 2.24) is 0 Å². The average molecular weight is 279 g/mol. The molecule has 2 aliphatic heterocycles. The van der Waals surface area contributed by atoms with E-state index < -0.39 is 9.84 Å². The van der Waals surface area contributed by atoms with Gasteiger partial charge in [-0.3, -0.25) is 4.79 Å². The summed E-state index contributed by atoms with van der Waals surface area (Å²) in [5.41, 5.74) is 1.65. The van der Waals surface area contributed by atoms with Gasteiger partial charge < -0.3 is 4.90 Å². The molecule has 4 nitrogen and oxygen atoms in total. The van der Waals surface area contributed by atoms with Crippen LogP contribution in [-0.2, 0) is 9.84 Å². The van der Waals surface area contributed by atoms with E-state index >= 15 is 0 Å². The molecule has 0 amide bonds. The summed E-state index contributed by atoms with van der Waals surface area (Å²) in [5, 5.41) is 0. The molecule has 1 atom stereocenters. The van der Waals surface area contributed by atoms with E-state index in [0.717, 1.165) is 24.2 Å². The second-order valence-corrected chi connectivity index (χ2v) is 7.52. The zero-order chi connectivity index (χ0) is 13.5. The number of fused-ring (bicyclic) bond motifs is 1. The SMILES string of the molecule is O=C1CCCN(C2CCS(=O)(=O)C2)c2ccccc21. The van der Waals surface area contributed by atoms with Crippen LogP contribution in [0.25, 0.3) is 0 Å². The van der Waals surface area contributed by atoms with Crippen molar-refractivity contribution in [2.75, 3.05) is 23.0 Å². The number of benzene rings is 1. The van der Waals surface area contributed by atoms with Gasteiger partial charge in [0.25, 0.3) is 0 Å². The number of carbonyl (C=O) groups is 1. The van der Waals surface area contributed by atoms with Gasteiger partial charge in [-0.25, -0.2) is 8.42 Å². The van der Waals surface area contributed by atoms with Crippen LogP contribution in [0, 0.1) is 0 Å². The maximum absolute atomic E-state index is 12.0. The topological polar surface area (TPSA) is 54.5 Å². The van der Waals surface area contributed by atoms with Crippen molar-refractivity contribution in [2.24, 2.45) is 0 Å². The molecule has 1 fully saturated rings. The van der Waals surface area contributed by atoms with E-state index in [9.17, 15) is 13.2 Å². The molecule has 0 aromatic heterocycles. The summed E-state index contributed by atoms with van der Waals surface area (Å²) in [6.07, 6.45) is 2.02. The number of hydrogen-bond donors (Lipinski definition) is 0. The molecule has 1 saturated heterocycles. The lowest BCUT2D eigenvalue weighted by Crippen LogP contribution is -2.37. The van der Waals surface area contributed by atoms with E-state index in [0.29, 0.717) is 12.8 Å².